The van der Waals surface area contributed by atoms with Crippen LogP contribution in [0.5, 0.6) is 0 Å². The highest BCUT2D eigenvalue weighted by molar-refractivity contribution is 5.72. The highest BCUT2D eigenvalue weighted by atomic mass is 16.4. The van der Waals surface area contributed by atoms with Gasteiger partial charge in [-0.2, -0.15) is 0 Å². The summed E-state index contributed by atoms with van der Waals surface area (Å²) < 4.78 is 0. The molecule has 0 spiro atoms. The summed E-state index contributed by atoms with van der Waals surface area (Å²) in [7, 11) is 0. The standard InChI is InChI=1S/C11H22O2.C3H7NO2/c1-2-3-4-5-6-7-8-9-10-11(12)13;1-2(4)3(5)6/h2-10H2,1H3,(H,12,13);2H,4H2,1H3,(H,5,6)/t;2-/m.0/s1. The van der Waals surface area contributed by atoms with Gasteiger partial charge in [0, 0.05) is 6.42 Å². The van der Waals surface area contributed by atoms with Gasteiger partial charge in [0.2, 0.25) is 0 Å². The number of hydrogen-bond acceptors (Lipinski definition) is 3. The number of carboxylic acid groups (broad SMARTS) is 2. The Morgan fingerprint density at radius 3 is 1.63 bits per heavy atom. The Bertz CT molecular complexity index is 229. The van der Waals surface area contributed by atoms with Gasteiger partial charge in [-0.1, -0.05) is 51.9 Å². The molecule has 114 valence electrons. The van der Waals surface area contributed by atoms with Gasteiger partial charge < -0.3 is 15.9 Å². The molecule has 1 atom stereocenters. The minimum absolute atomic E-state index is 0.342. The van der Waals surface area contributed by atoms with Crippen LogP contribution in [0.25, 0.3) is 0 Å². The van der Waals surface area contributed by atoms with E-state index in [4.69, 9.17) is 15.9 Å². The van der Waals surface area contributed by atoms with E-state index in [-0.39, 0.29) is 0 Å². The Balaban J connectivity index is 0. The lowest BCUT2D eigenvalue weighted by molar-refractivity contribution is -0.138. The van der Waals surface area contributed by atoms with Crippen LogP contribution in [0.4, 0.5) is 0 Å². The number of rotatable bonds is 10. The zero-order valence-electron chi connectivity index (χ0n) is 12.2. The molecule has 0 amide bonds. The van der Waals surface area contributed by atoms with Crippen molar-refractivity contribution in [2.45, 2.75) is 77.7 Å². The zero-order valence-corrected chi connectivity index (χ0v) is 12.2. The first-order chi connectivity index (χ1) is 8.91. The molecule has 0 aliphatic heterocycles. The normalized spacial score (nSPS) is 11.3. The molecule has 0 aliphatic carbocycles. The van der Waals surface area contributed by atoms with Crippen molar-refractivity contribution in [3.8, 4) is 0 Å². The average Bonchev–Trinajstić information content (AvgIpc) is 2.33. The maximum absolute atomic E-state index is 10.2. The highest BCUT2D eigenvalue weighted by Gasteiger charge is 1.99. The monoisotopic (exact) mass is 275 g/mol. The fourth-order valence-corrected chi connectivity index (χ4v) is 1.41. The second-order valence-electron chi connectivity index (χ2n) is 4.75. The summed E-state index contributed by atoms with van der Waals surface area (Å²) in [6.07, 6.45) is 10.1. The summed E-state index contributed by atoms with van der Waals surface area (Å²) in [6, 6.07) is -0.731. The zero-order chi connectivity index (χ0) is 15.1. The molecule has 0 heterocycles. The highest BCUT2D eigenvalue weighted by Crippen LogP contribution is 2.09. The maximum Gasteiger partial charge on any atom is 0.320 e. The van der Waals surface area contributed by atoms with Gasteiger partial charge in [-0.3, -0.25) is 9.59 Å². The predicted molar refractivity (Wildman–Crippen MR) is 76.1 cm³/mol. The van der Waals surface area contributed by atoms with Gasteiger partial charge in [0.05, 0.1) is 0 Å². The summed E-state index contributed by atoms with van der Waals surface area (Å²) in [5.41, 5.74) is 4.84. The van der Waals surface area contributed by atoms with Crippen molar-refractivity contribution < 1.29 is 19.8 Å². The second-order valence-corrected chi connectivity index (χ2v) is 4.75. The van der Waals surface area contributed by atoms with E-state index in [1.807, 2.05) is 0 Å². The van der Waals surface area contributed by atoms with Gasteiger partial charge in [-0.25, -0.2) is 0 Å². The second kappa shape index (κ2) is 15.0. The Hall–Kier alpha value is -1.10. The number of carbonyl (C=O) groups is 2. The summed E-state index contributed by atoms with van der Waals surface area (Å²) in [5, 5.41) is 16.3. The van der Waals surface area contributed by atoms with E-state index in [0.29, 0.717) is 6.42 Å². The number of nitrogens with two attached hydrogens (primary N) is 1. The largest absolute Gasteiger partial charge is 0.481 e. The van der Waals surface area contributed by atoms with Gasteiger partial charge in [-0.05, 0) is 13.3 Å². The molecule has 0 aromatic carbocycles. The first-order valence-electron chi connectivity index (χ1n) is 7.12. The molecule has 0 saturated heterocycles. The molecular formula is C14H29NO4. The van der Waals surface area contributed by atoms with Crippen molar-refractivity contribution in [3.05, 3.63) is 0 Å². The average molecular weight is 275 g/mol. The van der Waals surface area contributed by atoms with Gasteiger partial charge in [0.1, 0.15) is 6.04 Å². The first kappa shape index (κ1) is 20.2. The van der Waals surface area contributed by atoms with Crippen molar-refractivity contribution in [3.63, 3.8) is 0 Å². The quantitative estimate of drug-likeness (QED) is 0.532. The van der Waals surface area contributed by atoms with Crippen molar-refractivity contribution in [2.24, 2.45) is 5.73 Å². The molecule has 0 rings (SSSR count). The van der Waals surface area contributed by atoms with Crippen molar-refractivity contribution >= 4 is 11.9 Å². The summed E-state index contributed by atoms with van der Waals surface area (Å²) in [6.45, 7) is 3.63. The summed E-state index contributed by atoms with van der Waals surface area (Å²) >= 11 is 0. The van der Waals surface area contributed by atoms with Gasteiger partial charge in [0.15, 0.2) is 0 Å². The predicted octanol–water partition coefficient (Wildman–Crippen LogP) is 3.02. The van der Waals surface area contributed by atoms with Crippen molar-refractivity contribution in [2.75, 3.05) is 0 Å². The molecule has 0 fully saturated rings. The molecule has 19 heavy (non-hydrogen) atoms. The Morgan fingerprint density at radius 1 is 0.947 bits per heavy atom. The fourth-order valence-electron chi connectivity index (χ4n) is 1.41. The van der Waals surface area contributed by atoms with Crippen LogP contribution in [0, 0.1) is 0 Å². The number of unbranched alkanes of at least 4 members (excludes halogenated alkanes) is 7. The summed E-state index contributed by atoms with van der Waals surface area (Å²) in [4.78, 5) is 19.7. The maximum atomic E-state index is 10.2. The minimum atomic E-state index is -0.963. The van der Waals surface area contributed by atoms with Gasteiger partial charge in [0.25, 0.3) is 0 Å². The van der Waals surface area contributed by atoms with E-state index in [0.717, 1.165) is 12.8 Å². The lowest BCUT2D eigenvalue weighted by Gasteiger charge is -1.99. The van der Waals surface area contributed by atoms with E-state index in [2.05, 4.69) is 6.92 Å². The van der Waals surface area contributed by atoms with E-state index < -0.39 is 18.0 Å². The van der Waals surface area contributed by atoms with Crippen LogP contribution in [0.3, 0.4) is 0 Å². The third-order valence-corrected chi connectivity index (χ3v) is 2.63. The SMILES string of the molecule is CCCCCCCCCCC(=O)O.C[C@H](N)C(=O)O. The van der Waals surface area contributed by atoms with Crippen molar-refractivity contribution in [1.82, 2.24) is 0 Å². The summed E-state index contributed by atoms with van der Waals surface area (Å²) in [5.74, 6) is -1.62. The molecule has 0 aliphatic rings. The molecule has 0 saturated carbocycles. The smallest absolute Gasteiger partial charge is 0.320 e. The molecule has 5 nitrogen and oxygen atoms in total. The minimum Gasteiger partial charge on any atom is -0.481 e. The molecule has 0 aromatic heterocycles. The Kier molecular flexibility index (Phi) is 15.9. The van der Waals surface area contributed by atoms with E-state index in [1.165, 1.54) is 45.4 Å². The molecule has 5 heteroatoms. The van der Waals surface area contributed by atoms with E-state index in [9.17, 15) is 9.59 Å². The topological polar surface area (TPSA) is 101 Å². The molecular weight excluding hydrogens is 246 g/mol. The molecule has 0 radical (unpaired) electrons. The van der Waals surface area contributed by atoms with Crippen LogP contribution >= 0.6 is 0 Å². The number of carboxylic acids is 2. The Labute approximate surface area is 116 Å². The van der Waals surface area contributed by atoms with E-state index >= 15 is 0 Å². The molecule has 4 N–H and O–H groups in total. The number of aliphatic carboxylic acids is 2. The third-order valence-electron chi connectivity index (χ3n) is 2.63. The molecule has 0 bridgehead atoms. The van der Waals surface area contributed by atoms with Crippen LogP contribution in [0.2, 0.25) is 0 Å². The molecule has 0 aromatic rings. The first-order valence-corrected chi connectivity index (χ1v) is 7.12. The van der Waals surface area contributed by atoms with Crippen molar-refractivity contribution in [1.29, 1.82) is 0 Å². The lowest BCUT2D eigenvalue weighted by Crippen LogP contribution is -2.25. The third kappa shape index (κ3) is 22.5. The van der Waals surface area contributed by atoms with Gasteiger partial charge >= 0.3 is 11.9 Å². The lowest BCUT2D eigenvalue weighted by atomic mass is 10.1. The fraction of sp³-hybridized carbons (Fsp3) is 0.857. The van der Waals surface area contributed by atoms with Gasteiger partial charge in [-0.15, -0.1) is 0 Å². The van der Waals surface area contributed by atoms with Crippen LogP contribution in [-0.4, -0.2) is 28.2 Å². The number of hydrogen-bond donors (Lipinski definition) is 3. The van der Waals surface area contributed by atoms with E-state index in [1.54, 1.807) is 0 Å². The van der Waals surface area contributed by atoms with Crippen LogP contribution < -0.4 is 5.73 Å². The van der Waals surface area contributed by atoms with Crippen LogP contribution in [-0.2, 0) is 9.59 Å². The van der Waals surface area contributed by atoms with Crippen LogP contribution in [0.1, 0.15) is 71.6 Å². The Morgan fingerprint density at radius 2 is 1.32 bits per heavy atom. The molecule has 0 unspecified atom stereocenters. The van der Waals surface area contributed by atoms with Crippen LogP contribution in [0.15, 0.2) is 0 Å².